The molecule has 0 aromatic rings. The third kappa shape index (κ3) is 11.2. The lowest BCUT2D eigenvalue weighted by Gasteiger charge is -2.23. The van der Waals surface area contributed by atoms with Crippen LogP contribution in [0.1, 0.15) is 61.3 Å². The Balaban J connectivity index is 0. The van der Waals surface area contributed by atoms with Crippen LogP contribution in [-0.2, 0) is 9.84 Å². The number of guanidine groups is 1. The first-order valence-corrected chi connectivity index (χ1v) is 9.63. The fourth-order valence-corrected chi connectivity index (χ4v) is 2.74. The highest BCUT2D eigenvalue weighted by Crippen LogP contribution is 2.21. The average molecular weight is 461 g/mol. The molecule has 0 aliphatic heterocycles. The van der Waals surface area contributed by atoms with Gasteiger partial charge >= 0.3 is 0 Å². The standard InChI is InChI=1S/C16H35N3O2S.HI/c1-13(9-10-15(2,3)4)19-14(17-8)18-11-12-22(20,21)16(5,6)7;/h13H,9-12H2,1-8H3,(H2,17,18,19);1H. The summed E-state index contributed by atoms with van der Waals surface area (Å²) in [6, 6.07) is 0.296. The van der Waals surface area contributed by atoms with E-state index in [1.54, 1.807) is 27.8 Å². The molecule has 0 saturated heterocycles. The molecule has 0 fully saturated rings. The third-order valence-electron chi connectivity index (χ3n) is 3.53. The summed E-state index contributed by atoms with van der Waals surface area (Å²) in [5.41, 5.74) is 0.313. The highest BCUT2D eigenvalue weighted by Gasteiger charge is 2.28. The zero-order valence-electron chi connectivity index (χ0n) is 16.0. The molecule has 0 rings (SSSR count). The second-order valence-corrected chi connectivity index (χ2v) is 10.9. The van der Waals surface area contributed by atoms with Crippen LogP contribution in [0.4, 0.5) is 0 Å². The molecule has 1 unspecified atom stereocenters. The molecule has 0 heterocycles. The summed E-state index contributed by atoms with van der Waals surface area (Å²) in [7, 11) is -1.41. The van der Waals surface area contributed by atoms with E-state index in [4.69, 9.17) is 0 Å². The van der Waals surface area contributed by atoms with Gasteiger partial charge in [-0.1, -0.05) is 20.8 Å². The van der Waals surface area contributed by atoms with Crippen LogP contribution in [0, 0.1) is 5.41 Å². The number of aliphatic imine (C=N–C) groups is 1. The Morgan fingerprint density at radius 1 is 1.13 bits per heavy atom. The van der Waals surface area contributed by atoms with Crippen LogP contribution < -0.4 is 10.6 Å². The van der Waals surface area contributed by atoms with Gasteiger partial charge in [0.25, 0.3) is 0 Å². The van der Waals surface area contributed by atoms with Crippen molar-refractivity contribution in [3.8, 4) is 0 Å². The van der Waals surface area contributed by atoms with Crippen molar-refractivity contribution in [2.75, 3.05) is 19.3 Å². The summed E-state index contributed by atoms with van der Waals surface area (Å²) < 4.78 is 23.4. The van der Waals surface area contributed by atoms with Crippen molar-refractivity contribution in [1.82, 2.24) is 10.6 Å². The summed E-state index contributed by atoms with van der Waals surface area (Å²) in [4.78, 5) is 4.15. The van der Waals surface area contributed by atoms with Gasteiger partial charge in [-0.15, -0.1) is 24.0 Å². The zero-order valence-corrected chi connectivity index (χ0v) is 19.1. The van der Waals surface area contributed by atoms with E-state index in [9.17, 15) is 8.42 Å². The van der Waals surface area contributed by atoms with Gasteiger partial charge in [0.05, 0.1) is 10.5 Å². The number of nitrogens with zero attached hydrogens (tertiary/aromatic N) is 1. The van der Waals surface area contributed by atoms with Gasteiger partial charge in [0, 0.05) is 19.6 Å². The van der Waals surface area contributed by atoms with Gasteiger partial charge in [-0.2, -0.15) is 0 Å². The van der Waals surface area contributed by atoms with E-state index in [0.29, 0.717) is 24.0 Å². The van der Waals surface area contributed by atoms with Gasteiger partial charge < -0.3 is 10.6 Å². The number of hydrogen-bond donors (Lipinski definition) is 2. The summed E-state index contributed by atoms with van der Waals surface area (Å²) in [6.07, 6.45) is 2.17. The molecule has 0 amide bonds. The maximum absolute atomic E-state index is 12.1. The van der Waals surface area contributed by atoms with E-state index < -0.39 is 14.6 Å². The Bertz CT molecular complexity index is 463. The molecular weight excluding hydrogens is 425 g/mol. The molecular formula is C16H36IN3O2S. The largest absolute Gasteiger partial charge is 0.355 e. The van der Waals surface area contributed by atoms with E-state index in [2.05, 4.69) is 43.3 Å². The van der Waals surface area contributed by atoms with Crippen LogP contribution in [0.3, 0.4) is 0 Å². The Kier molecular flexibility index (Phi) is 11.0. The van der Waals surface area contributed by atoms with Crippen molar-refractivity contribution >= 4 is 39.8 Å². The fourth-order valence-electron chi connectivity index (χ4n) is 1.76. The highest BCUT2D eigenvalue weighted by molar-refractivity contribution is 14.0. The molecule has 0 saturated carbocycles. The Hall–Kier alpha value is -0.0500. The van der Waals surface area contributed by atoms with Crippen molar-refractivity contribution in [3.63, 3.8) is 0 Å². The minimum Gasteiger partial charge on any atom is -0.355 e. The minimum atomic E-state index is -3.10. The van der Waals surface area contributed by atoms with Crippen molar-refractivity contribution in [2.24, 2.45) is 10.4 Å². The molecule has 0 aliphatic carbocycles. The topological polar surface area (TPSA) is 70.6 Å². The first-order valence-electron chi connectivity index (χ1n) is 7.98. The van der Waals surface area contributed by atoms with Gasteiger partial charge in [0.1, 0.15) is 0 Å². The Morgan fingerprint density at radius 3 is 2.04 bits per heavy atom. The summed E-state index contributed by atoms with van der Waals surface area (Å²) in [5.74, 6) is 0.763. The molecule has 2 N–H and O–H groups in total. The summed E-state index contributed by atoms with van der Waals surface area (Å²) in [6.45, 7) is 14.3. The Labute approximate surface area is 160 Å². The van der Waals surface area contributed by atoms with E-state index in [1.165, 1.54) is 0 Å². The molecule has 1 atom stereocenters. The zero-order chi connectivity index (χ0) is 17.6. The maximum atomic E-state index is 12.1. The number of hydrogen-bond acceptors (Lipinski definition) is 3. The summed E-state index contributed by atoms with van der Waals surface area (Å²) in [5, 5.41) is 6.39. The van der Waals surface area contributed by atoms with Crippen LogP contribution >= 0.6 is 24.0 Å². The predicted molar refractivity (Wildman–Crippen MR) is 112 cm³/mol. The molecule has 5 nitrogen and oxygen atoms in total. The summed E-state index contributed by atoms with van der Waals surface area (Å²) >= 11 is 0. The lowest BCUT2D eigenvalue weighted by Crippen LogP contribution is -2.45. The van der Waals surface area contributed by atoms with Crippen LogP contribution in [0.2, 0.25) is 0 Å². The second-order valence-electron chi connectivity index (χ2n) is 8.07. The maximum Gasteiger partial charge on any atom is 0.191 e. The third-order valence-corrected chi connectivity index (χ3v) is 6.14. The smallest absolute Gasteiger partial charge is 0.191 e. The molecule has 0 spiro atoms. The number of halogens is 1. The number of nitrogens with one attached hydrogen (secondary N) is 2. The SMILES string of the molecule is CN=C(NCCS(=O)(=O)C(C)(C)C)NC(C)CCC(C)(C)C.I. The monoisotopic (exact) mass is 461 g/mol. The van der Waals surface area contributed by atoms with E-state index in [0.717, 1.165) is 12.8 Å². The first-order chi connectivity index (χ1) is 9.78. The lowest BCUT2D eigenvalue weighted by atomic mass is 9.89. The Morgan fingerprint density at radius 2 is 1.65 bits per heavy atom. The second kappa shape index (κ2) is 10.1. The minimum absolute atomic E-state index is 0. The lowest BCUT2D eigenvalue weighted by molar-refractivity contribution is 0.346. The number of sulfone groups is 1. The molecule has 0 bridgehead atoms. The van der Waals surface area contributed by atoms with E-state index >= 15 is 0 Å². The van der Waals surface area contributed by atoms with Crippen molar-refractivity contribution in [2.45, 2.75) is 72.1 Å². The van der Waals surface area contributed by atoms with Crippen molar-refractivity contribution < 1.29 is 8.42 Å². The predicted octanol–water partition coefficient (Wildman–Crippen LogP) is 3.20. The van der Waals surface area contributed by atoms with Crippen molar-refractivity contribution in [3.05, 3.63) is 0 Å². The molecule has 0 radical (unpaired) electrons. The van der Waals surface area contributed by atoms with Gasteiger partial charge in [0.2, 0.25) is 0 Å². The first kappa shape index (κ1) is 25.2. The normalized spacial score (nSPS) is 14.9. The van der Waals surface area contributed by atoms with E-state index in [-0.39, 0.29) is 29.7 Å². The van der Waals surface area contributed by atoms with Crippen LogP contribution in [0.5, 0.6) is 0 Å². The van der Waals surface area contributed by atoms with Gasteiger partial charge in [-0.3, -0.25) is 4.99 Å². The highest BCUT2D eigenvalue weighted by atomic mass is 127. The molecule has 23 heavy (non-hydrogen) atoms. The fraction of sp³-hybridized carbons (Fsp3) is 0.938. The molecule has 0 aromatic heterocycles. The average Bonchev–Trinajstić information content (AvgIpc) is 2.32. The van der Waals surface area contributed by atoms with Crippen LogP contribution in [0.25, 0.3) is 0 Å². The molecule has 140 valence electrons. The van der Waals surface area contributed by atoms with Gasteiger partial charge in [0.15, 0.2) is 15.8 Å². The van der Waals surface area contributed by atoms with Crippen LogP contribution in [0.15, 0.2) is 4.99 Å². The number of rotatable bonds is 6. The van der Waals surface area contributed by atoms with Gasteiger partial charge in [-0.05, 0) is 46.0 Å². The molecule has 0 aliphatic rings. The van der Waals surface area contributed by atoms with Crippen LogP contribution in [-0.4, -0.2) is 44.5 Å². The van der Waals surface area contributed by atoms with E-state index in [1.807, 2.05) is 0 Å². The quantitative estimate of drug-likeness (QED) is 0.362. The molecule has 7 heteroatoms. The van der Waals surface area contributed by atoms with Crippen molar-refractivity contribution in [1.29, 1.82) is 0 Å². The van der Waals surface area contributed by atoms with Gasteiger partial charge in [-0.25, -0.2) is 8.42 Å². The molecule has 0 aromatic carbocycles.